The third kappa shape index (κ3) is 4.77. The van der Waals surface area contributed by atoms with Gasteiger partial charge >= 0.3 is 0 Å². The normalized spacial score (nSPS) is 12.8. The summed E-state index contributed by atoms with van der Waals surface area (Å²) in [6, 6.07) is 9.74. The first-order valence-corrected chi connectivity index (χ1v) is 6.27. The molecule has 0 saturated carbocycles. The Kier molecular flexibility index (Phi) is 5.18. The molecule has 3 nitrogen and oxygen atoms in total. The van der Waals surface area contributed by atoms with Gasteiger partial charge in [0.2, 0.25) is 0 Å². The van der Waals surface area contributed by atoms with E-state index >= 15 is 0 Å². The first-order chi connectivity index (χ1) is 8.44. The van der Waals surface area contributed by atoms with Gasteiger partial charge in [0.05, 0.1) is 24.2 Å². The highest BCUT2D eigenvalue weighted by Crippen LogP contribution is 2.22. The minimum Gasteiger partial charge on any atom is -0.494 e. The number of hydrogen-bond donors (Lipinski definition) is 1. The van der Waals surface area contributed by atoms with Crippen LogP contribution in [0, 0.1) is 16.7 Å². The lowest BCUT2D eigenvalue weighted by Gasteiger charge is -2.15. The second-order valence-electron chi connectivity index (χ2n) is 5.20. The Morgan fingerprint density at radius 2 is 2.17 bits per heavy atom. The van der Waals surface area contributed by atoms with Crippen LogP contribution in [0.3, 0.4) is 0 Å². The summed E-state index contributed by atoms with van der Waals surface area (Å²) in [7, 11) is 0. The number of nitrogens with zero attached hydrogens (tertiary/aromatic N) is 1. The van der Waals surface area contributed by atoms with Gasteiger partial charge in [0, 0.05) is 0 Å². The van der Waals surface area contributed by atoms with Crippen LogP contribution in [0.4, 0.5) is 0 Å². The van der Waals surface area contributed by atoms with Crippen LogP contribution in [0.25, 0.3) is 0 Å². The van der Waals surface area contributed by atoms with E-state index in [2.05, 4.69) is 6.07 Å². The molecule has 0 heterocycles. The summed E-state index contributed by atoms with van der Waals surface area (Å²) in [5.41, 5.74) is 0.565. The maximum Gasteiger partial charge on any atom is 0.119 e. The molecule has 0 bridgehead atoms. The fourth-order valence-corrected chi connectivity index (χ4v) is 1.62. The van der Waals surface area contributed by atoms with E-state index in [0.29, 0.717) is 6.61 Å². The zero-order valence-electron chi connectivity index (χ0n) is 11.3. The standard InChI is InChI=1S/C15H21NO2/c1-12(17)13-6-4-7-14(10-13)18-9-5-8-15(2,3)11-16/h4,6-7,10,12,17H,5,8-9H2,1-3H3/t12-/m0/s1. The Bertz CT molecular complexity index is 419. The number of rotatable bonds is 6. The van der Waals surface area contributed by atoms with E-state index in [0.717, 1.165) is 24.2 Å². The second-order valence-corrected chi connectivity index (χ2v) is 5.20. The number of benzene rings is 1. The van der Waals surface area contributed by atoms with Crippen LogP contribution in [-0.4, -0.2) is 11.7 Å². The van der Waals surface area contributed by atoms with Crippen molar-refractivity contribution >= 4 is 0 Å². The highest BCUT2D eigenvalue weighted by molar-refractivity contribution is 5.29. The fraction of sp³-hybridized carbons (Fsp3) is 0.533. The summed E-state index contributed by atoms with van der Waals surface area (Å²) in [4.78, 5) is 0. The summed E-state index contributed by atoms with van der Waals surface area (Å²) in [6.45, 7) is 6.19. The maximum atomic E-state index is 9.47. The van der Waals surface area contributed by atoms with E-state index in [-0.39, 0.29) is 5.41 Å². The summed E-state index contributed by atoms with van der Waals surface area (Å²) >= 11 is 0. The van der Waals surface area contributed by atoms with Gasteiger partial charge in [-0.15, -0.1) is 0 Å². The molecule has 0 aromatic heterocycles. The first kappa shape index (κ1) is 14.5. The summed E-state index contributed by atoms with van der Waals surface area (Å²) in [5.74, 6) is 0.767. The molecule has 1 atom stereocenters. The van der Waals surface area contributed by atoms with E-state index in [9.17, 15) is 5.11 Å². The molecule has 0 unspecified atom stereocenters. The van der Waals surface area contributed by atoms with E-state index < -0.39 is 6.10 Å². The Labute approximate surface area is 109 Å². The number of hydrogen-bond acceptors (Lipinski definition) is 3. The van der Waals surface area contributed by atoms with Crippen molar-refractivity contribution < 1.29 is 9.84 Å². The van der Waals surface area contributed by atoms with Crippen LogP contribution < -0.4 is 4.74 Å². The molecule has 1 N–H and O–H groups in total. The molecule has 0 aliphatic rings. The zero-order valence-corrected chi connectivity index (χ0v) is 11.3. The first-order valence-electron chi connectivity index (χ1n) is 6.27. The lowest BCUT2D eigenvalue weighted by atomic mass is 9.90. The molecule has 0 saturated heterocycles. The van der Waals surface area contributed by atoms with Crippen LogP contribution in [0.5, 0.6) is 5.75 Å². The fourth-order valence-electron chi connectivity index (χ4n) is 1.62. The van der Waals surface area contributed by atoms with Crippen molar-refractivity contribution in [1.82, 2.24) is 0 Å². The highest BCUT2D eigenvalue weighted by atomic mass is 16.5. The highest BCUT2D eigenvalue weighted by Gasteiger charge is 2.15. The van der Waals surface area contributed by atoms with E-state index in [1.807, 2.05) is 38.1 Å². The topological polar surface area (TPSA) is 53.2 Å². The van der Waals surface area contributed by atoms with Crippen LogP contribution in [0.2, 0.25) is 0 Å². The van der Waals surface area contributed by atoms with Gasteiger partial charge in [-0.2, -0.15) is 5.26 Å². The van der Waals surface area contributed by atoms with Crippen molar-refractivity contribution in [3.8, 4) is 11.8 Å². The maximum absolute atomic E-state index is 9.47. The number of aliphatic hydroxyl groups excluding tert-OH is 1. The summed E-state index contributed by atoms with van der Waals surface area (Å²) < 4.78 is 5.62. The Hall–Kier alpha value is -1.53. The van der Waals surface area contributed by atoms with Gasteiger partial charge in [-0.25, -0.2) is 0 Å². The third-order valence-electron chi connectivity index (χ3n) is 2.86. The van der Waals surface area contributed by atoms with Gasteiger partial charge < -0.3 is 9.84 Å². The monoisotopic (exact) mass is 247 g/mol. The lowest BCUT2D eigenvalue weighted by Crippen LogP contribution is -2.10. The molecule has 1 aromatic carbocycles. The van der Waals surface area contributed by atoms with Crippen molar-refractivity contribution in [1.29, 1.82) is 5.26 Å². The van der Waals surface area contributed by atoms with Crippen molar-refractivity contribution in [3.05, 3.63) is 29.8 Å². The van der Waals surface area contributed by atoms with E-state index in [4.69, 9.17) is 10.00 Å². The number of nitriles is 1. The lowest BCUT2D eigenvalue weighted by molar-refractivity contribution is 0.198. The van der Waals surface area contributed by atoms with Crippen LogP contribution in [0.1, 0.15) is 45.3 Å². The molecule has 0 radical (unpaired) electrons. The van der Waals surface area contributed by atoms with E-state index in [1.165, 1.54) is 0 Å². The SMILES string of the molecule is C[C@H](O)c1cccc(OCCCC(C)(C)C#N)c1. The Morgan fingerprint density at radius 3 is 2.78 bits per heavy atom. The zero-order chi connectivity index (χ0) is 13.6. The van der Waals surface area contributed by atoms with Crippen LogP contribution in [0.15, 0.2) is 24.3 Å². The molecule has 1 rings (SSSR count). The van der Waals surface area contributed by atoms with Crippen molar-refractivity contribution in [3.63, 3.8) is 0 Å². The molecule has 3 heteroatoms. The number of aliphatic hydroxyl groups is 1. The molecule has 18 heavy (non-hydrogen) atoms. The predicted octanol–water partition coefficient (Wildman–Crippen LogP) is 3.45. The van der Waals surface area contributed by atoms with E-state index in [1.54, 1.807) is 6.92 Å². The minimum atomic E-state index is -0.480. The van der Waals surface area contributed by atoms with Crippen LogP contribution in [-0.2, 0) is 0 Å². The minimum absolute atomic E-state index is 0.287. The van der Waals surface area contributed by atoms with Gasteiger partial charge in [-0.05, 0) is 51.3 Å². The van der Waals surface area contributed by atoms with Crippen molar-refractivity contribution in [2.45, 2.75) is 39.7 Å². The molecule has 98 valence electrons. The largest absolute Gasteiger partial charge is 0.494 e. The summed E-state index contributed by atoms with van der Waals surface area (Å²) in [5, 5.41) is 18.4. The van der Waals surface area contributed by atoms with Gasteiger partial charge in [0.15, 0.2) is 0 Å². The molecule has 0 aliphatic carbocycles. The molecule has 0 amide bonds. The second kappa shape index (κ2) is 6.42. The Balaban J connectivity index is 2.41. The van der Waals surface area contributed by atoms with Crippen molar-refractivity contribution in [2.75, 3.05) is 6.61 Å². The molecule has 0 spiro atoms. The molecule has 0 fully saturated rings. The summed E-state index contributed by atoms with van der Waals surface area (Å²) in [6.07, 6.45) is 1.19. The average molecular weight is 247 g/mol. The van der Waals surface area contributed by atoms with Crippen molar-refractivity contribution in [2.24, 2.45) is 5.41 Å². The number of ether oxygens (including phenoxy) is 1. The quantitative estimate of drug-likeness (QED) is 0.783. The smallest absolute Gasteiger partial charge is 0.119 e. The van der Waals surface area contributed by atoms with Crippen LogP contribution >= 0.6 is 0 Å². The molecular weight excluding hydrogens is 226 g/mol. The molecular formula is C15H21NO2. The molecule has 0 aliphatic heterocycles. The third-order valence-corrected chi connectivity index (χ3v) is 2.86. The van der Waals surface area contributed by atoms with Gasteiger partial charge in [0.1, 0.15) is 5.75 Å². The Morgan fingerprint density at radius 1 is 1.44 bits per heavy atom. The predicted molar refractivity (Wildman–Crippen MR) is 71.2 cm³/mol. The van der Waals surface area contributed by atoms with Gasteiger partial charge in [0.25, 0.3) is 0 Å². The van der Waals surface area contributed by atoms with Gasteiger partial charge in [-0.1, -0.05) is 12.1 Å². The molecule has 1 aromatic rings. The van der Waals surface area contributed by atoms with Gasteiger partial charge in [-0.3, -0.25) is 0 Å². The average Bonchev–Trinajstić information content (AvgIpc) is 2.35.